The normalized spacial score (nSPS) is 27.0. The predicted octanol–water partition coefficient (Wildman–Crippen LogP) is 1.21. The van der Waals surface area contributed by atoms with E-state index >= 15 is 0 Å². The molecule has 0 aromatic carbocycles. The molecule has 2 aliphatic rings. The molecule has 1 saturated carbocycles. The van der Waals surface area contributed by atoms with E-state index in [0.29, 0.717) is 6.04 Å². The van der Waals surface area contributed by atoms with Gasteiger partial charge in [-0.1, -0.05) is 0 Å². The summed E-state index contributed by atoms with van der Waals surface area (Å²) in [5, 5.41) is 7.53. The number of H-pyrrole nitrogens is 1. The van der Waals surface area contributed by atoms with E-state index in [2.05, 4.69) is 21.2 Å². The topological polar surface area (TPSA) is 57.9 Å². The summed E-state index contributed by atoms with van der Waals surface area (Å²) in [7, 11) is 0. The van der Waals surface area contributed by atoms with Crippen molar-refractivity contribution in [2.75, 3.05) is 18.0 Å². The Hall–Kier alpha value is -1.03. The molecule has 3 N–H and O–H groups in total. The third kappa shape index (κ3) is 1.86. The minimum absolute atomic E-state index is 0.319. The minimum Gasteiger partial charge on any atom is -0.354 e. The van der Waals surface area contributed by atoms with Gasteiger partial charge in [-0.2, -0.15) is 5.10 Å². The Kier molecular flexibility index (Phi) is 2.16. The summed E-state index contributed by atoms with van der Waals surface area (Å²) in [6.07, 6.45) is 4.98. The number of hydrogen-bond donors (Lipinski definition) is 2. The van der Waals surface area contributed by atoms with Crippen LogP contribution in [0.1, 0.15) is 37.3 Å². The monoisotopic (exact) mass is 206 g/mol. The molecule has 3 rings (SSSR count). The molecule has 1 aliphatic heterocycles. The number of piperidine rings is 1. The van der Waals surface area contributed by atoms with Crippen LogP contribution < -0.4 is 10.6 Å². The average Bonchev–Trinajstić information content (AvgIpc) is 2.97. The Bertz CT molecular complexity index is 342. The Balaban J connectivity index is 1.73. The molecule has 1 aromatic heterocycles. The second-order valence-electron chi connectivity index (χ2n) is 4.80. The van der Waals surface area contributed by atoms with Crippen molar-refractivity contribution < 1.29 is 0 Å². The maximum atomic E-state index is 5.96. The van der Waals surface area contributed by atoms with Gasteiger partial charge in [0.1, 0.15) is 0 Å². The number of aromatic nitrogens is 2. The Morgan fingerprint density at radius 2 is 2.27 bits per heavy atom. The molecule has 0 spiro atoms. The van der Waals surface area contributed by atoms with Gasteiger partial charge in [-0.05, 0) is 25.7 Å². The molecule has 0 amide bonds. The zero-order chi connectivity index (χ0) is 10.3. The van der Waals surface area contributed by atoms with E-state index in [1.807, 2.05) is 0 Å². The molecule has 82 valence electrons. The maximum absolute atomic E-state index is 5.96. The number of nitrogens with one attached hydrogen (secondary N) is 1. The van der Waals surface area contributed by atoms with Crippen LogP contribution in [0.5, 0.6) is 0 Å². The predicted molar refractivity (Wildman–Crippen MR) is 60.0 cm³/mol. The highest BCUT2D eigenvalue weighted by Gasteiger charge is 2.27. The van der Waals surface area contributed by atoms with Crippen LogP contribution in [0, 0.1) is 0 Å². The SMILES string of the molecule is NC1CCCN(c2cc(C3CC3)[nH]n2)C1. The third-order valence-corrected chi connectivity index (χ3v) is 3.38. The van der Waals surface area contributed by atoms with Gasteiger partial charge in [-0.25, -0.2) is 0 Å². The third-order valence-electron chi connectivity index (χ3n) is 3.38. The van der Waals surface area contributed by atoms with E-state index in [-0.39, 0.29) is 0 Å². The van der Waals surface area contributed by atoms with Crippen LogP contribution in [-0.2, 0) is 0 Å². The van der Waals surface area contributed by atoms with Gasteiger partial charge in [0.05, 0.1) is 0 Å². The van der Waals surface area contributed by atoms with E-state index < -0.39 is 0 Å². The lowest BCUT2D eigenvalue weighted by atomic mass is 10.1. The summed E-state index contributed by atoms with van der Waals surface area (Å²) >= 11 is 0. The van der Waals surface area contributed by atoms with Crippen molar-refractivity contribution >= 4 is 5.82 Å². The van der Waals surface area contributed by atoms with E-state index in [1.54, 1.807) is 0 Å². The molecule has 0 radical (unpaired) electrons. The van der Waals surface area contributed by atoms with Crippen molar-refractivity contribution in [3.63, 3.8) is 0 Å². The Labute approximate surface area is 89.8 Å². The molecule has 2 heterocycles. The molecule has 1 saturated heterocycles. The minimum atomic E-state index is 0.319. The van der Waals surface area contributed by atoms with Crippen molar-refractivity contribution in [3.05, 3.63) is 11.8 Å². The maximum Gasteiger partial charge on any atom is 0.150 e. The lowest BCUT2D eigenvalue weighted by Crippen LogP contribution is -2.43. The molecular weight excluding hydrogens is 188 g/mol. The fourth-order valence-corrected chi connectivity index (χ4v) is 2.31. The smallest absolute Gasteiger partial charge is 0.150 e. The van der Waals surface area contributed by atoms with Gasteiger partial charge in [-0.3, -0.25) is 5.10 Å². The van der Waals surface area contributed by atoms with E-state index in [0.717, 1.165) is 31.2 Å². The average molecular weight is 206 g/mol. The Morgan fingerprint density at radius 3 is 3.00 bits per heavy atom. The molecule has 4 nitrogen and oxygen atoms in total. The van der Waals surface area contributed by atoms with Crippen LogP contribution in [0.4, 0.5) is 5.82 Å². The standard InChI is InChI=1S/C11H18N4/c12-9-2-1-5-15(7-9)11-6-10(13-14-11)8-3-4-8/h6,8-9H,1-5,7,12H2,(H,13,14). The number of rotatable bonds is 2. The summed E-state index contributed by atoms with van der Waals surface area (Å²) in [6.45, 7) is 2.05. The molecule has 0 bridgehead atoms. The van der Waals surface area contributed by atoms with E-state index in [9.17, 15) is 0 Å². The summed E-state index contributed by atoms with van der Waals surface area (Å²) in [5.41, 5.74) is 7.27. The van der Waals surface area contributed by atoms with E-state index in [4.69, 9.17) is 5.73 Å². The van der Waals surface area contributed by atoms with Crippen LogP contribution in [0.2, 0.25) is 0 Å². The first-order valence-corrected chi connectivity index (χ1v) is 5.89. The zero-order valence-corrected chi connectivity index (χ0v) is 8.95. The van der Waals surface area contributed by atoms with Gasteiger partial charge < -0.3 is 10.6 Å². The highest BCUT2D eigenvalue weighted by atomic mass is 15.3. The fourth-order valence-electron chi connectivity index (χ4n) is 2.31. The first-order chi connectivity index (χ1) is 7.33. The van der Waals surface area contributed by atoms with Gasteiger partial charge in [0, 0.05) is 36.8 Å². The lowest BCUT2D eigenvalue weighted by Gasteiger charge is -2.30. The molecule has 1 atom stereocenters. The zero-order valence-electron chi connectivity index (χ0n) is 8.95. The second kappa shape index (κ2) is 3.52. The first-order valence-electron chi connectivity index (χ1n) is 5.89. The van der Waals surface area contributed by atoms with E-state index in [1.165, 1.54) is 25.0 Å². The summed E-state index contributed by atoms with van der Waals surface area (Å²) in [6, 6.07) is 2.52. The highest BCUT2D eigenvalue weighted by molar-refractivity contribution is 5.41. The number of hydrogen-bond acceptors (Lipinski definition) is 3. The van der Waals surface area contributed by atoms with Gasteiger partial charge in [0.15, 0.2) is 5.82 Å². The van der Waals surface area contributed by atoms with Crippen LogP contribution >= 0.6 is 0 Å². The van der Waals surface area contributed by atoms with Crippen LogP contribution in [0.15, 0.2) is 6.07 Å². The van der Waals surface area contributed by atoms with Crippen molar-refractivity contribution in [1.82, 2.24) is 10.2 Å². The molecule has 1 unspecified atom stereocenters. The Morgan fingerprint density at radius 1 is 1.40 bits per heavy atom. The van der Waals surface area contributed by atoms with Gasteiger partial charge in [-0.15, -0.1) is 0 Å². The second-order valence-corrected chi connectivity index (χ2v) is 4.80. The molecule has 2 fully saturated rings. The molecular formula is C11H18N4. The number of aromatic amines is 1. The van der Waals surface area contributed by atoms with Crippen LogP contribution in [0.25, 0.3) is 0 Å². The van der Waals surface area contributed by atoms with Crippen molar-refractivity contribution in [2.45, 2.75) is 37.6 Å². The largest absolute Gasteiger partial charge is 0.354 e. The number of nitrogens with zero attached hydrogens (tertiary/aromatic N) is 2. The summed E-state index contributed by atoms with van der Waals surface area (Å²) < 4.78 is 0. The van der Waals surface area contributed by atoms with Gasteiger partial charge in [0.2, 0.25) is 0 Å². The van der Waals surface area contributed by atoms with Crippen LogP contribution in [0.3, 0.4) is 0 Å². The quantitative estimate of drug-likeness (QED) is 0.764. The summed E-state index contributed by atoms with van der Waals surface area (Å²) in [4.78, 5) is 2.30. The lowest BCUT2D eigenvalue weighted by molar-refractivity contribution is 0.503. The van der Waals surface area contributed by atoms with Crippen molar-refractivity contribution in [3.8, 4) is 0 Å². The highest BCUT2D eigenvalue weighted by Crippen LogP contribution is 2.39. The van der Waals surface area contributed by atoms with Crippen molar-refractivity contribution in [1.29, 1.82) is 0 Å². The molecule has 15 heavy (non-hydrogen) atoms. The molecule has 1 aromatic rings. The van der Waals surface area contributed by atoms with Crippen molar-refractivity contribution in [2.24, 2.45) is 5.73 Å². The fraction of sp³-hybridized carbons (Fsp3) is 0.727. The van der Waals surface area contributed by atoms with Gasteiger partial charge >= 0.3 is 0 Å². The van der Waals surface area contributed by atoms with Crippen LogP contribution in [-0.4, -0.2) is 29.3 Å². The molecule has 1 aliphatic carbocycles. The first kappa shape index (κ1) is 9.21. The number of anilines is 1. The molecule has 4 heteroatoms. The number of nitrogens with two attached hydrogens (primary N) is 1. The van der Waals surface area contributed by atoms with Gasteiger partial charge in [0.25, 0.3) is 0 Å². The summed E-state index contributed by atoms with van der Waals surface area (Å²) in [5.74, 6) is 1.84.